The standard InChI is InChI=1S/C18H13F3N2O/c1-2-3-13-8-15(18(19,20)21)16(14(10-23)17(13)24)12-6-4-11(9-22)5-7-12/h4-8,14H,2-3H2,1H3. The summed E-state index contributed by atoms with van der Waals surface area (Å²) in [5.74, 6) is -2.09. The fourth-order valence-corrected chi connectivity index (χ4v) is 2.66. The van der Waals surface area contributed by atoms with Gasteiger partial charge in [0.15, 0.2) is 5.78 Å². The predicted octanol–water partition coefficient (Wildman–Crippen LogP) is 4.32. The maximum atomic E-state index is 13.5. The van der Waals surface area contributed by atoms with E-state index in [1.165, 1.54) is 24.3 Å². The second-order valence-electron chi connectivity index (χ2n) is 5.36. The molecule has 1 aromatic rings. The Bertz CT molecular complexity index is 803. The zero-order chi connectivity index (χ0) is 17.9. The van der Waals surface area contributed by atoms with Crippen molar-refractivity contribution in [3.8, 4) is 12.1 Å². The average Bonchev–Trinajstić information content (AvgIpc) is 2.55. The van der Waals surface area contributed by atoms with E-state index in [0.717, 1.165) is 6.08 Å². The van der Waals surface area contributed by atoms with Gasteiger partial charge in [-0.25, -0.2) is 0 Å². The van der Waals surface area contributed by atoms with Crippen molar-refractivity contribution < 1.29 is 18.0 Å². The molecule has 1 aliphatic carbocycles. The van der Waals surface area contributed by atoms with Crippen LogP contribution in [0.25, 0.3) is 5.57 Å². The smallest absolute Gasteiger partial charge is 0.293 e. The Morgan fingerprint density at radius 1 is 1.17 bits per heavy atom. The summed E-state index contributed by atoms with van der Waals surface area (Å²) in [5.41, 5.74) is -0.895. The molecule has 24 heavy (non-hydrogen) atoms. The zero-order valence-electron chi connectivity index (χ0n) is 12.8. The van der Waals surface area contributed by atoms with Crippen LogP contribution in [-0.2, 0) is 4.79 Å². The lowest BCUT2D eigenvalue weighted by molar-refractivity contribution is -0.117. The SMILES string of the molecule is CCCC1=CC(C(F)(F)F)=C(c2ccc(C#N)cc2)C(C#N)C1=O. The number of carbonyl (C=O) groups excluding carboxylic acids is 1. The van der Waals surface area contributed by atoms with Gasteiger partial charge in [0.2, 0.25) is 0 Å². The second kappa shape index (κ2) is 6.72. The van der Waals surface area contributed by atoms with Crippen LogP contribution in [0.5, 0.6) is 0 Å². The van der Waals surface area contributed by atoms with Gasteiger partial charge in [0.25, 0.3) is 0 Å². The first-order valence-corrected chi connectivity index (χ1v) is 7.29. The monoisotopic (exact) mass is 330 g/mol. The molecule has 0 amide bonds. The molecular formula is C18H13F3N2O. The lowest BCUT2D eigenvalue weighted by Crippen LogP contribution is -2.26. The lowest BCUT2D eigenvalue weighted by atomic mass is 9.78. The van der Waals surface area contributed by atoms with Crippen LogP contribution in [0.4, 0.5) is 13.2 Å². The maximum absolute atomic E-state index is 13.5. The van der Waals surface area contributed by atoms with Gasteiger partial charge in [0.1, 0.15) is 5.92 Å². The van der Waals surface area contributed by atoms with Gasteiger partial charge in [0.05, 0.1) is 23.3 Å². The Morgan fingerprint density at radius 3 is 2.25 bits per heavy atom. The quantitative estimate of drug-likeness (QED) is 0.829. The van der Waals surface area contributed by atoms with Gasteiger partial charge in [-0.1, -0.05) is 25.5 Å². The van der Waals surface area contributed by atoms with Crippen LogP contribution in [-0.4, -0.2) is 12.0 Å². The van der Waals surface area contributed by atoms with Crippen molar-refractivity contribution in [1.82, 2.24) is 0 Å². The molecule has 1 atom stereocenters. The molecule has 122 valence electrons. The molecule has 3 nitrogen and oxygen atoms in total. The maximum Gasteiger partial charge on any atom is 0.416 e. The summed E-state index contributed by atoms with van der Waals surface area (Å²) in [4.78, 5) is 12.4. The lowest BCUT2D eigenvalue weighted by Gasteiger charge is -2.25. The van der Waals surface area contributed by atoms with Crippen molar-refractivity contribution >= 4 is 11.4 Å². The first kappa shape index (κ1) is 17.5. The van der Waals surface area contributed by atoms with Gasteiger partial charge in [-0.2, -0.15) is 23.7 Å². The van der Waals surface area contributed by atoms with E-state index in [1.54, 1.807) is 13.0 Å². The topological polar surface area (TPSA) is 64.7 Å². The molecular weight excluding hydrogens is 317 g/mol. The van der Waals surface area contributed by atoms with Crippen molar-refractivity contribution in [3.05, 3.63) is 52.6 Å². The Labute approximate surface area is 137 Å². The first-order valence-electron chi connectivity index (χ1n) is 7.29. The van der Waals surface area contributed by atoms with Crippen LogP contribution >= 0.6 is 0 Å². The molecule has 0 aromatic heterocycles. The summed E-state index contributed by atoms with van der Waals surface area (Å²) in [6.45, 7) is 1.75. The van der Waals surface area contributed by atoms with Gasteiger partial charge in [-0.3, -0.25) is 4.79 Å². The van der Waals surface area contributed by atoms with Gasteiger partial charge in [0, 0.05) is 0 Å². The Morgan fingerprint density at radius 2 is 1.79 bits per heavy atom. The highest BCUT2D eigenvalue weighted by atomic mass is 19.4. The van der Waals surface area contributed by atoms with Crippen molar-refractivity contribution in [2.75, 3.05) is 0 Å². The van der Waals surface area contributed by atoms with Crippen molar-refractivity contribution in [2.24, 2.45) is 5.92 Å². The number of nitriles is 2. The highest BCUT2D eigenvalue weighted by Gasteiger charge is 2.42. The summed E-state index contributed by atoms with van der Waals surface area (Å²) in [6.07, 6.45) is -3.13. The fourth-order valence-electron chi connectivity index (χ4n) is 2.66. The Kier molecular flexibility index (Phi) is 4.90. The van der Waals surface area contributed by atoms with Crippen LogP contribution in [0, 0.1) is 28.6 Å². The number of hydrogen-bond acceptors (Lipinski definition) is 3. The number of hydrogen-bond donors (Lipinski definition) is 0. The molecule has 0 saturated carbocycles. The number of rotatable bonds is 3. The molecule has 0 saturated heterocycles. The number of halogens is 3. The summed E-state index contributed by atoms with van der Waals surface area (Å²) in [6, 6.07) is 8.96. The summed E-state index contributed by atoms with van der Waals surface area (Å²) >= 11 is 0. The number of Topliss-reactive ketones (excluding diaryl/α,β-unsaturated/α-hetero) is 1. The molecule has 2 rings (SSSR count). The predicted molar refractivity (Wildman–Crippen MR) is 81.2 cm³/mol. The van der Waals surface area contributed by atoms with Gasteiger partial charge in [-0.05, 0) is 41.3 Å². The molecule has 0 spiro atoms. The molecule has 0 bridgehead atoms. The van der Waals surface area contributed by atoms with E-state index in [4.69, 9.17) is 5.26 Å². The molecule has 1 aliphatic rings. The van der Waals surface area contributed by atoms with E-state index in [9.17, 15) is 23.2 Å². The number of nitrogens with zero attached hydrogens (tertiary/aromatic N) is 2. The van der Waals surface area contributed by atoms with Crippen LogP contribution in [0.3, 0.4) is 0 Å². The highest BCUT2D eigenvalue weighted by molar-refractivity contribution is 6.09. The summed E-state index contributed by atoms with van der Waals surface area (Å²) in [5, 5.41) is 18.1. The van der Waals surface area contributed by atoms with Crippen molar-refractivity contribution in [3.63, 3.8) is 0 Å². The molecule has 0 N–H and O–H groups in total. The first-order chi connectivity index (χ1) is 11.3. The second-order valence-corrected chi connectivity index (χ2v) is 5.36. The van der Waals surface area contributed by atoms with E-state index in [0.29, 0.717) is 6.42 Å². The highest BCUT2D eigenvalue weighted by Crippen LogP contribution is 2.42. The van der Waals surface area contributed by atoms with Crippen molar-refractivity contribution in [1.29, 1.82) is 10.5 Å². The van der Waals surface area contributed by atoms with E-state index >= 15 is 0 Å². The van der Waals surface area contributed by atoms with Gasteiger partial charge < -0.3 is 0 Å². The Balaban J connectivity index is 2.73. The molecule has 1 unspecified atom stereocenters. The van der Waals surface area contributed by atoms with Crippen LogP contribution in [0.2, 0.25) is 0 Å². The molecule has 0 aliphatic heterocycles. The molecule has 0 fully saturated rings. The van der Waals surface area contributed by atoms with Gasteiger partial charge in [-0.15, -0.1) is 0 Å². The minimum absolute atomic E-state index is 0.0220. The molecule has 6 heteroatoms. The van der Waals surface area contributed by atoms with Crippen molar-refractivity contribution in [2.45, 2.75) is 25.9 Å². The molecule has 0 heterocycles. The van der Waals surface area contributed by atoms with E-state index < -0.39 is 23.5 Å². The minimum Gasteiger partial charge on any atom is -0.293 e. The van der Waals surface area contributed by atoms with E-state index in [2.05, 4.69) is 0 Å². The molecule has 1 aromatic carbocycles. The molecule has 0 radical (unpaired) electrons. The van der Waals surface area contributed by atoms with E-state index in [1.807, 2.05) is 6.07 Å². The number of carbonyl (C=O) groups is 1. The summed E-state index contributed by atoms with van der Waals surface area (Å²) < 4.78 is 40.5. The van der Waals surface area contributed by atoms with Gasteiger partial charge >= 0.3 is 6.18 Å². The third-order valence-corrected chi connectivity index (χ3v) is 3.75. The fraction of sp³-hybridized carbons (Fsp3) is 0.278. The summed E-state index contributed by atoms with van der Waals surface area (Å²) in [7, 11) is 0. The number of benzene rings is 1. The number of ketones is 1. The normalized spacial score (nSPS) is 18.0. The third-order valence-electron chi connectivity index (χ3n) is 3.75. The number of alkyl halides is 3. The largest absolute Gasteiger partial charge is 0.416 e. The Hall–Kier alpha value is -2.86. The number of allylic oxidation sites excluding steroid dienone is 4. The van der Waals surface area contributed by atoms with Crippen LogP contribution < -0.4 is 0 Å². The van der Waals surface area contributed by atoms with Crippen LogP contribution in [0.15, 0.2) is 41.5 Å². The average molecular weight is 330 g/mol. The third kappa shape index (κ3) is 3.23. The van der Waals surface area contributed by atoms with E-state index in [-0.39, 0.29) is 28.7 Å². The van der Waals surface area contributed by atoms with Crippen LogP contribution in [0.1, 0.15) is 30.9 Å². The minimum atomic E-state index is -4.68. The zero-order valence-corrected chi connectivity index (χ0v) is 12.8.